The first kappa shape index (κ1) is 17.3. The summed E-state index contributed by atoms with van der Waals surface area (Å²) in [4.78, 5) is 15.6. The molecular weight excluding hydrogens is 346 g/mol. The van der Waals surface area contributed by atoms with Crippen molar-refractivity contribution in [1.29, 1.82) is 0 Å². The van der Waals surface area contributed by atoms with Crippen molar-refractivity contribution in [3.63, 3.8) is 0 Å². The van der Waals surface area contributed by atoms with Crippen LogP contribution in [0.5, 0.6) is 5.75 Å². The Morgan fingerprint density at radius 3 is 2.54 bits per heavy atom. The first-order valence-corrected chi connectivity index (χ1v) is 10.3. The molecule has 1 saturated heterocycles. The first-order chi connectivity index (χ1) is 12.7. The first-order valence-electron chi connectivity index (χ1n) is 9.31. The summed E-state index contributed by atoms with van der Waals surface area (Å²) in [6.07, 6.45) is 2.12. The lowest BCUT2D eigenvalue weighted by atomic mass is 10.2. The van der Waals surface area contributed by atoms with Crippen molar-refractivity contribution >= 4 is 29.2 Å². The molecule has 7 heteroatoms. The van der Waals surface area contributed by atoms with Crippen molar-refractivity contribution in [2.75, 3.05) is 53.6 Å². The summed E-state index contributed by atoms with van der Waals surface area (Å²) in [5.74, 6) is 3.28. The van der Waals surface area contributed by atoms with Gasteiger partial charge in [0.25, 0.3) is 0 Å². The highest BCUT2D eigenvalue weighted by atomic mass is 32.2. The lowest BCUT2D eigenvalue weighted by Gasteiger charge is -2.36. The summed E-state index contributed by atoms with van der Waals surface area (Å²) in [5, 5.41) is 12.9. The van der Waals surface area contributed by atoms with Gasteiger partial charge in [-0.1, -0.05) is 6.92 Å². The lowest BCUT2D eigenvalue weighted by molar-refractivity contribution is 0.475. The number of benzene rings is 1. The molecule has 138 valence electrons. The summed E-state index contributed by atoms with van der Waals surface area (Å²) in [7, 11) is 0. The summed E-state index contributed by atoms with van der Waals surface area (Å²) >= 11 is 1.86. The Hall–Kier alpha value is -2.15. The van der Waals surface area contributed by atoms with E-state index in [-0.39, 0.29) is 0 Å². The van der Waals surface area contributed by atoms with Gasteiger partial charge in [-0.25, -0.2) is 4.98 Å². The Morgan fingerprint density at radius 2 is 1.81 bits per heavy atom. The third kappa shape index (κ3) is 3.53. The van der Waals surface area contributed by atoms with Gasteiger partial charge in [0.15, 0.2) is 0 Å². The molecule has 0 bridgehead atoms. The largest absolute Gasteiger partial charge is 0.508 e. The number of hydrogen-bond acceptors (Lipinski definition) is 7. The molecule has 1 fully saturated rings. The van der Waals surface area contributed by atoms with E-state index in [0.717, 1.165) is 68.8 Å². The Morgan fingerprint density at radius 1 is 1.08 bits per heavy atom. The number of thioether (sulfide) groups is 1. The molecule has 0 saturated carbocycles. The van der Waals surface area contributed by atoms with Crippen LogP contribution in [0.25, 0.3) is 0 Å². The maximum Gasteiger partial charge on any atom is 0.227 e. The van der Waals surface area contributed by atoms with Crippen molar-refractivity contribution in [2.24, 2.45) is 0 Å². The highest BCUT2D eigenvalue weighted by molar-refractivity contribution is 7.99. The van der Waals surface area contributed by atoms with Crippen LogP contribution in [0.15, 0.2) is 29.2 Å². The summed E-state index contributed by atoms with van der Waals surface area (Å²) in [5.41, 5.74) is 2.35. The van der Waals surface area contributed by atoms with Crippen molar-refractivity contribution in [3.8, 4) is 5.75 Å². The molecule has 2 aliphatic rings. The number of aromatic nitrogens is 2. The minimum Gasteiger partial charge on any atom is -0.508 e. The maximum atomic E-state index is 9.46. The minimum absolute atomic E-state index is 0.309. The molecule has 0 atom stereocenters. The molecule has 4 rings (SSSR count). The Labute approximate surface area is 158 Å². The molecule has 1 aromatic carbocycles. The van der Waals surface area contributed by atoms with Crippen molar-refractivity contribution < 1.29 is 5.11 Å². The van der Waals surface area contributed by atoms with E-state index in [1.165, 1.54) is 10.6 Å². The van der Waals surface area contributed by atoms with Gasteiger partial charge < -0.3 is 20.2 Å². The van der Waals surface area contributed by atoms with E-state index in [2.05, 4.69) is 22.0 Å². The van der Waals surface area contributed by atoms with Gasteiger partial charge in [-0.3, -0.25) is 0 Å². The standard InChI is InChI=1S/C19H25N5OS/c1-2-8-20-18-17-16(7-13-26-17)21-19(22-18)24-11-9-23(10-12-24)14-3-5-15(25)6-4-14/h3-6,25H,2,7-13H2,1H3,(H,20,21,22). The van der Waals surface area contributed by atoms with Crippen LogP contribution in [-0.4, -0.2) is 53.6 Å². The number of fused-ring (bicyclic) bond motifs is 1. The zero-order chi connectivity index (χ0) is 17.9. The number of anilines is 3. The highest BCUT2D eigenvalue weighted by Gasteiger charge is 2.24. The number of nitrogens with one attached hydrogen (secondary N) is 1. The Balaban J connectivity index is 1.48. The molecule has 0 amide bonds. The third-order valence-corrected chi connectivity index (χ3v) is 5.95. The number of nitrogens with zero attached hydrogens (tertiary/aromatic N) is 4. The zero-order valence-electron chi connectivity index (χ0n) is 15.1. The van der Waals surface area contributed by atoms with Gasteiger partial charge in [-0.2, -0.15) is 4.98 Å². The molecular formula is C19H25N5OS. The number of piperazine rings is 1. The minimum atomic E-state index is 0.309. The number of aromatic hydroxyl groups is 1. The normalized spacial score (nSPS) is 16.7. The van der Waals surface area contributed by atoms with Crippen LogP contribution in [0.1, 0.15) is 19.0 Å². The smallest absolute Gasteiger partial charge is 0.227 e. The van der Waals surface area contributed by atoms with Crippen LogP contribution < -0.4 is 15.1 Å². The Kier molecular flexibility index (Phi) is 5.06. The molecule has 0 unspecified atom stereocenters. The van der Waals surface area contributed by atoms with Gasteiger partial charge in [0, 0.05) is 50.6 Å². The van der Waals surface area contributed by atoms with E-state index in [9.17, 15) is 5.11 Å². The van der Waals surface area contributed by atoms with Crippen LogP contribution in [-0.2, 0) is 6.42 Å². The van der Waals surface area contributed by atoms with Gasteiger partial charge in [0.05, 0.1) is 10.6 Å². The van der Waals surface area contributed by atoms with Crippen LogP contribution in [0.2, 0.25) is 0 Å². The van der Waals surface area contributed by atoms with Gasteiger partial charge in [0.1, 0.15) is 11.6 Å². The zero-order valence-corrected chi connectivity index (χ0v) is 15.9. The predicted molar refractivity (Wildman–Crippen MR) is 108 cm³/mol. The van der Waals surface area contributed by atoms with Gasteiger partial charge in [-0.15, -0.1) is 11.8 Å². The molecule has 2 N–H and O–H groups in total. The third-order valence-electron chi connectivity index (χ3n) is 4.83. The molecule has 0 radical (unpaired) electrons. The second-order valence-electron chi connectivity index (χ2n) is 6.66. The topological polar surface area (TPSA) is 64.5 Å². The number of hydrogen-bond donors (Lipinski definition) is 2. The molecule has 2 aliphatic heterocycles. The van der Waals surface area contributed by atoms with Gasteiger partial charge in [-0.05, 0) is 30.7 Å². The van der Waals surface area contributed by atoms with Gasteiger partial charge in [0.2, 0.25) is 5.95 Å². The van der Waals surface area contributed by atoms with Crippen molar-refractivity contribution in [2.45, 2.75) is 24.7 Å². The molecule has 3 heterocycles. The number of aryl methyl sites for hydroxylation is 1. The van der Waals surface area contributed by atoms with Crippen LogP contribution >= 0.6 is 11.8 Å². The van der Waals surface area contributed by atoms with E-state index in [1.54, 1.807) is 12.1 Å². The van der Waals surface area contributed by atoms with E-state index in [0.29, 0.717) is 5.75 Å². The lowest BCUT2D eigenvalue weighted by Crippen LogP contribution is -2.47. The molecule has 0 aliphatic carbocycles. The molecule has 26 heavy (non-hydrogen) atoms. The van der Waals surface area contributed by atoms with Crippen molar-refractivity contribution in [3.05, 3.63) is 30.0 Å². The average Bonchev–Trinajstić information content (AvgIpc) is 3.15. The average molecular weight is 372 g/mol. The van der Waals surface area contributed by atoms with E-state index in [1.807, 2.05) is 23.9 Å². The van der Waals surface area contributed by atoms with E-state index >= 15 is 0 Å². The monoisotopic (exact) mass is 371 g/mol. The second kappa shape index (κ2) is 7.61. The number of rotatable bonds is 5. The summed E-state index contributed by atoms with van der Waals surface area (Å²) < 4.78 is 0. The maximum absolute atomic E-state index is 9.46. The van der Waals surface area contributed by atoms with Crippen LogP contribution in [0.4, 0.5) is 17.5 Å². The summed E-state index contributed by atoms with van der Waals surface area (Å²) in [6.45, 7) is 6.78. The van der Waals surface area contributed by atoms with Crippen LogP contribution in [0.3, 0.4) is 0 Å². The highest BCUT2D eigenvalue weighted by Crippen LogP contribution is 2.36. The van der Waals surface area contributed by atoms with Crippen LogP contribution in [0, 0.1) is 0 Å². The quantitative estimate of drug-likeness (QED) is 0.838. The Bertz CT molecular complexity index is 759. The number of phenols is 1. The fourth-order valence-corrected chi connectivity index (χ4v) is 4.46. The van der Waals surface area contributed by atoms with Gasteiger partial charge >= 0.3 is 0 Å². The fourth-order valence-electron chi connectivity index (χ4n) is 3.39. The molecule has 6 nitrogen and oxygen atoms in total. The second-order valence-corrected chi connectivity index (χ2v) is 7.77. The fraction of sp³-hybridized carbons (Fsp3) is 0.474. The van der Waals surface area contributed by atoms with Crippen molar-refractivity contribution in [1.82, 2.24) is 9.97 Å². The summed E-state index contributed by atoms with van der Waals surface area (Å²) in [6, 6.07) is 7.44. The van der Waals surface area contributed by atoms with E-state index < -0.39 is 0 Å². The molecule has 2 aromatic rings. The number of phenolic OH excluding ortho intramolecular Hbond substituents is 1. The molecule has 1 aromatic heterocycles. The van der Waals surface area contributed by atoms with E-state index in [4.69, 9.17) is 9.97 Å². The SMILES string of the molecule is CCCNc1nc(N2CCN(c3ccc(O)cc3)CC2)nc2c1SCC2. The predicted octanol–water partition coefficient (Wildman–Crippen LogP) is 2.98. The molecule has 0 spiro atoms.